The number of alkyl carbamates (subject to hydrolysis) is 1. The van der Waals surface area contributed by atoms with Gasteiger partial charge in [0.15, 0.2) is 0 Å². The number of aliphatic carboxylic acids is 1. The van der Waals surface area contributed by atoms with Gasteiger partial charge < -0.3 is 20.5 Å². The lowest BCUT2D eigenvalue weighted by Crippen LogP contribution is -2.41. The maximum absolute atomic E-state index is 12.4. The molecule has 2 aromatic rings. The van der Waals surface area contributed by atoms with Crippen molar-refractivity contribution in [2.75, 3.05) is 13.2 Å². The summed E-state index contributed by atoms with van der Waals surface area (Å²) in [4.78, 5) is 35.9. The number of fused-ring (bicyclic) bond motifs is 3. The lowest BCUT2D eigenvalue weighted by Gasteiger charge is -2.27. The van der Waals surface area contributed by atoms with Gasteiger partial charge in [0.25, 0.3) is 0 Å². The van der Waals surface area contributed by atoms with Crippen molar-refractivity contribution >= 4 is 18.0 Å². The molecule has 0 bridgehead atoms. The summed E-state index contributed by atoms with van der Waals surface area (Å²) in [7, 11) is 0. The number of hydrogen-bond donors (Lipinski definition) is 3. The van der Waals surface area contributed by atoms with Crippen molar-refractivity contribution in [3.63, 3.8) is 0 Å². The molecular weight excluding hydrogens is 432 g/mol. The summed E-state index contributed by atoms with van der Waals surface area (Å²) in [6, 6.07) is 16.3. The molecule has 3 atom stereocenters. The van der Waals surface area contributed by atoms with Gasteiger partial charge in [0, 0.05) is 24.9 Å². The average Bonchev–Trinajstić information content (AvgIpc) is 3.15. The second-order valence-corrected chi connectivity index (χ2v) is 9.48. The van der Waals surface area contributed by atoms with E-state index in [-0.39, 0.29) is 42.7 Å². The number of carboxylic acid groups (broad SMARTS) is 1. The highest BCUT2D eigenvalue weighted by molar-refractivity contribution is 5.79. The summed E-state index contributed by atoms with van der Waals surface area (Å²) in [5.41, 5.74) is 4.68. The molecule has 2 amide bonds. The molecule has 0 aromatic heterocycles. The van der Waals surface area contributed by atoms with Gasteiger partial charge in [-0.05, 0) is 47.4 Å². The van der Waals surface area contributed by atoms with E-state index in [0.29, 0.717) is 19.4 Å². The highest BCUT2D eigenvalue weighted by Gasteiger charge is 2.30. The number of benzene rings is 2. The molecule has 34 heavy (non-hydrogen) atoms. The third-order valence-corrected chi connectivity index (χ3v) is 6.86. The van der Waals surface area contributed by atoms with Gasteiger partial charge in [0.05, 0.1) is 5.92 Å². The van der Waals surface area contributed by atoms with E-state index in [2.05, 4.69) is 34.9 Å². The van der Waals surface area contributed by atoms with Crippen molar-refractivity contribution in [3.05, 3.63) is 59.7 Å². The topological polar surface area (TPSA) is 105 Å². The second-order valence-electron chi connectivity index (χ2n) is 9.48. The smallest absolute Gasteiger partial charge is 0.407 e. The standard InChI is InChI=1S/C27H32N2O5/c1-17(13-25(30)29-19-8-6-7-18(14-19)26(31)32)15-28-27(33)34-16-24-22-11-4-2-9-20(22)21-10-3-5-12-23(21)24/h2-5,9-12,17-19,24H,6-8,13-16H2,1H3,(H,28,33)(H,29,30)(H,31,32)/t17?,18-,19-/m1/s1. The Morgan fingerprint density at radius 2 is 1.68 bits per heavy atom. The number of carbonyl (C=O) groups is 3. The van der Waals surface area contributed by atoms with Gasteiger partial charge in [-0.3, -0.25) is 9.59 Å². The van der Waals surface area contributed by atoms with Crippen LogP contribution in [0.25, 0.3) is 11.1 Å². The summed E-state index contributed by atoms with van der Waals surface area (Å²) in [6.07, 6.45) is 2.53. The fourth-order valence-electron chi connectivity index (χ4n) is 5.13. The van der Waals surface area contributed by atoms with E-state index in [1.807, 2.05) is 31.2 Å². The number of carbonyl (C=O) groups excluding carboxylic acids is 2. The third-order valence-electron chi connectivity index (χ3n) is 6.86. The molecule has 1 fully saturated rings. The van der Waals surface area contributed by atoms with Crippen molar-refractivity contribution in [1.29, 1.82) is 0 Å². The molecule has 0 saturated heterocycles. The summed E-state index contributed by atoms with van der Waals surface area (Å²) >= 11 is 0. The van der Waals surface area contributed by atoms with Gasteiger partial charge in [-0.15, -0.1) is 0 Å². The fraction of sp³-hybridized carbons (Fsp3) is 0.444. The molecule has 0 heterocycles. The van der Waals surface area contributed by atoms with Crippen molar-refractivity contribution in [3.8, 4) is 11.1 Å². The van der Waals surface area contributed by atoms with Gasteiger partial charge in [-0.1, -0.05) is 61.9 Å². The zero-order valence-corrected chi connectivity index (χ0v) is 19.5. The molecular formula is C27H32N2O5. The molecule has 7 nitrogen and oxygen atoms in total. The van der Waals surface area contributed by atoms with Crippen LogP contribution >= 0.6 is 0 Å². The Morgan fingerprint density at radius 3 is 2.32 bits per heavy atom. The summed E-state index contributed by atoms with van der Waals surface area (Å²) in [6.45, 7) is 2.47. The third kappa shape index (κ3) is 5.58. The molecule has 0 aliphatic heterocycles. The van der Waals surface area contributed by atoms with E-state index in [9.17, 15) is 19.5 Å². The Morgan fingerprint density at radius 1 is 1.03 bits per heavy atom. The molecule has 0 spiro atoms. The lowest BCUT2D eigenvalue weighted by molar-refractivity contribution is -0.143. The molecule has 3 N–H and O–H groups in total. The van der Waals surface area contributed by atoms with Crippen molar-refractivity contribution < 1.29 is 24.2 Å². The van der Waals surface area contributed by atoms with Crippen molar-refractivity contribution in [2.24, 2.45) is 11.8 Å². The van der Waals surface area contributed by atoms with Gasteiger partial charge >= 0.3 is 12.1 Å². The van der Waals surface area contributed by atoms with Crippen LogP contribution in [0.3, 0.4) is 0 Å². The van der Waals surface area contributed by atoms with Crippen LogP contribution in [0.1, 0.15) is 56.1 Å². The summed E-state index contributed by atoms with van der Waals surface area (Å²) in [5.74, 6) is -1.35. The SMILES string of the molecule is CC(CNC(=O)OCC1c2ccccc2-c2ccccc21)CC(=O)N[C@@H]1CCC[C@@H](C(=O)O)C1. The minimum atomic E-state index is -0.792. The number of carboxylic acids is 1. The second kappa shape index (κ2) is 10.7. The summed E-state index contributed by atoms with van der Waals surface area (Å²) in [5, 5.41) is 14.9. The molecule has 180 valence electrons. The molecule has 1 unspecified atom stereocenters. The number of rotatable bonds is 8. The fourth-order valence-corrected chi connectivity index (χ4v) is 5.13. The molecule has 4 rings (SSSR count). The average molecular weight is 465 g/mol. The van der Waals surface area contributed by atoms with Crippen molar-refractivity contribution in [1.82, 2.24) is 10.6 Å². The van der Waals surface area contributed by atoms with E-state index >= 15 is 0 Å². The summed E-state index contributed by atoms with van der Waals surface area (Å²) < 4.78 is 5.54. The maximum Gasteiger partial charge on any atom is 0.407 e. The molecule has 2 aliphatic carbocycles. The maximum atomic E-state index is 12.4. The van der Waals surface area contributed by atoms with Gasteiger partial charge in [-0.2, -0.15) is 0 Å². The first-order chi connectivity index (χ1) is 16.4. The zero-order chi connectivity index (χ0) is 24.1. The predicted octanol–water partition coefficient (Wildman–Crippen LogP) is 4.31. The molecule has 7 heteroatoms. The first-order valence-corrected chi connectivity index (χ1v) is 12.0. The Bertz CT molecular complexity index is 1010. The monoisotopic (exact) mass is 464 g/mol. The van der Waals surface area contributed by atoms with Crippen LogP contribution in [0.2, 0.25) is 0 Å². The van der Waals surface area contributed by atoms with Gasteiger partial charge in [0.2, 0.25) is 5.91 Å². The molecule has 2 aliphatic rings. The predicted molar refractivity (Wildman–Crippen MR) is 128 cm³/mol. The van der Waals surface area contributed by atoms with Crippen LogP contribution in [0, 0.1) is 11.8 Å². The Hall–Kier alpha value is -3.35. The van der Waals surface area contributed by atoms with E-state index in [4.69, 9.17) is 4.74 Å². The Labute approximate surface area is 199 Å². The van der Waals surface area contributed by atoms with Gasteiger partial charge in [0.1, 0.15) is 6.61 Å². The minimum absolute atomic E-state index is 0.00599. The number of ether oxygens (including phenoxy) is 1. The van der Waals surface area contributed by atoms with Crippen LogP contribution in [0.4, 0.5) is 4.79 Å². The highest BCUT2D eigenvalue weighted by atomic mass is 16.5. The first kappa shape index (κ1) is 23.8. The van der Waals surface area contributed by atoms with E-state index in [0.717, 1.165) is 24.0 Å². The highest BCUT2D eigenvalue weighted by Crippen LogP contribution is 2.44. The molecule has 2 aromatic carbocycles. The van der Waals surface area contributed by atoms with Crippen LogP contribution in [0.15, 0.2) is 48.5 Å². The van der Waals surface area contributed by atoms with Crippen LogP contribution in [-0.4, -0.2) is 42.3 Å². The zero-order valence-electron chi connectivity index (χ0n) is 19.5. The molecule has 1 saturated carbocycles. The minimum Gasteiger partial charge on any atom is -0.481 e. The quantitative estimate of drug-likeness (QED) is 0.540. The van der Waals surface area contributed by atoms with Crippen LogP contribution in [-0.2, 0) is 14.3 Å². The Balaban J connectivity index is 1.21. The van der Waals surface area contributed by atoms with E-state index in [1.165, 1.54) is 11.1 Å². The normalized spacial score (nSPS) is 20.0. The molecule has 0 radical (unpaired) electrons. The largest absolute Gasteiger partial charge is 0.481 e. The number of amides is 2. The van der Waals surface area contributed by atoms with Crippen LogP contribution in [0.5, 0.6) is 0 Å². The van der Waals surface area contributed by atoms with Gasteiger partial charge in [-0.25, -0.2) is 4.79 Å². The van der Waals surface area contributed by atoms with E-state index in [1.54, 1.807) is 0 Å². The van der Waals surface area contributed by atoms with E-state index < -0.39 is 12.1 Å². The van der Waals surface area contributed by atoms with Crippen molar-refractivity contribution in [2.45, 2.75) is 51.0 Å². The number of nitrogens with one attached hydrogen (secondary N) is 2. The first-order valence-electron chi connectivity index (χ1n) is 12.0. The Kier molecular flexibility index (Phi) is 7.50. The number of hydrogen-bond acceptors (Lipinski definition) is 4. The van der Waals surface area contributed by atoms with Crippen LogP contribution < -0.4 is 10.6 Å². The lowest BCUT2D eigenvalue weighted by atomic mass is 9.85.